The van der Waals surface area contributed by atoms with Gasteiger partial charge in [0.2, 0.25) is 11.5 Å². The largest absolute Gasteiger partial charge is 0.495 e. The number of quaternary nitrogens is 1. The first-order valence-corrected chi connectivity index (χ1v) is 13.6. The summed E-state index contributed by atoms with van der Waals surface area (Å²) in [6.07, 6.45) is 0. The zero-order valence-corrected chi connectivity index (χ0v) is 25.7. The van der Waals surface area contributed by atoms with Gasteiger partial charge in [0.05, 0.1) is 53.6 Å². The number of methoxy groups -OCH3 is 4. The summed E-state index contributed by atoms with van der Waals surface area (Å²) in [7, 11) is 9.65. The van der Waals surface area contributed by atoms with Crippen LogP contribution in [0.4, 0.5) is 5.95 Å². The van der Waals surface area contributed by atoms with E-state index in [0.29, 0.717) is 86.2 Å². The van der Waals surface area contributed by atoms with E-state index in [2.05, 4.69) is 23.4 Å². The molecule has 0 fully saturated rings. The average molecular weight is 602 g/mol. The molecule has 13 nitrogen and oxygen atoms in total. The summed E-state index contributed by atoms with van der Waals surface area (Å²) in [4.78, 5) is 29.5. The number of carbonyl (C=O) groups is 1. The first-order valence-electron chi connectivity index (χ1n) is 13.6. The molecule has 44 heavy (non-hydrogen) atoms. The monoisotopic (exact) mass is 601 g/mol. The number of fused-ring (bicyclic) bond motifs is 2. The maximum Gasteiger partial charge on any atom is 0.435 e. The molecule has 1 atom stereocenters. The summed E-state index contributed by atoms with van der Waals surface area (Å²) >= 11 is 0. The molecule has 1 aliphatic rings. The third kappa shape index (κ3) is 4.88. The van der Waals surface area contributed by atoms with Crippen molar-refractivity contribution in [1.82, 2.24) is 19.3 Å². The number of likely N-dealkylation sites (N-methyl/N-ethyl adjacent to an activating group) is 1. The molecule has 0 bridgehead atoms. The molecule has 5 rings (SSSR count). The second-order valence-electron chi connectivity index (χ2n) is 10.7. The van der Waals surface area contributed by atoms with Gasteiger partial charge in [0, 0.05) is 16.5 Å². The molecule has 2 aromatic heterocycles. The van der Waals surface area contributed by atoms with Crippen LogP contribution in [0, 0.1) is 22.0 Å². The fraction of sp³-hybridized carbons (Fsp3) is 0.323. The number of nitrogens with zero attached hydrogens (tertiary/aromatic N) is 6. The Kier molecular flexibility index (Phi) is 7.79. The molecule has 1 unspecified atom stereocenters. The first kappa shape index (κ1) is 30.1. The van der Waals surface area contributed by atoms with Crippen LogP contribution in [0.15, 0.2) is 30.8 Å². The summed E-state index contributed by atoms with van der Waals surface area (Å²) in [5, 5.41) is 17.1. The Morgan fingerprint density at radius 1 is 1.09 bits per heavy atom. The Morgan fingerprint density at radius 3 is 2.32 bits per heavy atom. The van der Waals surface area contributed by atoms with E-state index >= 15 is 0 Å². The van der Waals surface area contributed by atoms with Gasteiger partial charge in [0.1, 0.15) is 24.5 Å². The topological polar surface area (TPSA) is 133 Å². The van der Waals surface area contributed by atoms with Gasteiger partial charge in [-0.15, -0.1) is 5.92 Å². The van der Waals surface area contributed by atoms with Gasteiger partial charge in [-0.05, 0) is 36.1 Å². The Morgan fingerprint density at radius 2 is 1.75 bits per heavy atom. The minimum Gasteiger partial charge on any atom is -0.495 e. The van der Waals surface area contributed by atoms with Crippen molar-refractivity contribution in [3.05, 3.63) is 69.2 Å². The smallest absolute Gasteiger partial charge is 0.435 e. The molecule has 228 valence electrons. The second kappa shape index (κ2) is 11.4. The summed E-state index contributed by atoms with van der Waals surface area (Å²) < 4.78 is 25.6. The molecule has 3 heterocycles. The number of aromatic nitrogens is 4. The maximum absolute atomic E-state index is 14.1. The quantitative estimate of drug-likeness (QED) is 0.0920. The van der Waals surface area contributed by atoms with Gasteiger partial charge in [-0.25, -0.2) is 9.25 Å². The highest BCUT2D eigenvalue weighted by atomic mass is 16.6. The van der Waals surface area contributed by atoms with E-state index in [1.54, 1.807) is 50.0 Å². The van der Waals surface area contributed by atoms with Gasteiger partial charge in [0.15, 0.2) is 29.6 Å². The second-order valence-corrected chi connectivity index (χ2v) is 10.7. The third-order valence-electron chi connectivity index (χ3n) is 7.75. The summed E-state index contributed by atoms with van der Waals surface area (Å²) in [6, 6.07) is 6.73. The van der Waals surface area contributed by atoms with Crippen LogP contribution in [0.3, 0.4) is 0 Å². The third-order valence-corrected chi connectivity index (χ3v) is 7.75. The highest BCUT2D eigenvalue weighted by molar-refractivity contribution is 6.16. The van der Waals surface area contributed by atoms with Crippen molar-refractivity contribution in [2.75, 3.05) is 42.0 Å². The van der Waals surface area contributed by atoms with Gasteiger partial charge in [-0.1, -0.05) is 17.5 Å². The van der Waals surface area contributed by atoms with Gasteiger partial charge >= 0.3 is 5.95 Å². The number of rotatable bonds is 9. The Bertz CT molecular complexity index is 1890. The molecule has 0 aliphatic carbocycles. The zero-order chi connectivity index (χ0) is 31.9. The van der Waals surface area contributed by atoms with E-state index in [1.807, 2.05) is 7.05 Å². The standard InChI is InChI=1S/C31H33N6O7/c1-9-10-20-23(41-5)12-11-21-27(29(38)19-13-24(42-6)30(44-8)25(14-19)43-7)33-35(28(20)21)17-37(4)15-18(2)26-22(16-37)34(3)31(32-26)36(39)40/h11-14H,2,15-17H2,1,3-8H3/q+1. The molecule has 4 aromatic rings. The summed E-state index contributed by atoms with van der Waals surface area (Å²) in [5.41, 5.74) is 3.63. The van der Waals surface area contributed by atoms with Crippen molar-refractivity contribution >= 4 is 28.2 Å². The molecule has 0 N–H and O–H groups in total. The highest BCUT2D eigenvalue weighted by Crippen LogP contribution is 2.40. The summed E-state index contributed by atoms with van der Waals surface area (Å²) in [5.74, 6) is 7.06. The maximum atomic E-state index is 14.1. The first-order chi connectivity index (χ1) is 21.0. The van der Waals surface area contributed by atoms with Crippen molar-refractivity contribution in [2.45, 2.75) is 20.1 Å². The van der Waals surface area contributed by atoms with Crippen molar-refractivity contribution in [3.8, 4) is 34.8 Å². The van der Waals surface area contributed by atoms with E-state index in [0.717, 1.165) is 0 Å². The Balaban J connectivity index is 1.68. The molecule has 0 saturated carbocycles. The van der Waals surface area contributed by atoms with Crippen molar-refractivity contribution in [3.63, 3.8) is 0 Å². The van der Waals surface area contributed by atoms with Crippen LogP contribution in [0.1, 0.15) is 39.9 Å². The van der Waals surface area contributed by atoms with Crippen molar-refractivity contribution in [2.24, 2.45) is 7.05 Å². The van der Waals surface area contributed by atoms with Crippen LogP contribution in [0.2, 0.25) is 0 Å². The van der Waals surface area contributed by atoms with E-state index in [1.165, 1.54) is 25.9 Å². The number of hydrogen-bond donors (Lipinski definition) is 0. The van der Waals surface area contributed by atoms with Crippen LogP contribution in [-0.2, 0) is 20.3 Å². The van der Waals surface area contributed by atoms with Crippen molar-refractivity contribution in [1.29, 1.82) is 0 Å². The Labute approximate surface area is 253 Å². The minimum atomic E-state index is -0.500. The van der Waals surface area contributed by atoms with Crippen LogP contribution in [-0.4, -0.2) is 76.6 Å². The number of ketones is 1. The normalized spacial score (nSPS) is 15.8. The highest BCUT2D eigenvalue weighted by Gasteiger charge is 2.41. The van der Waals surface area contributed by atoms with Crippen LogP contribution in [0.25, 0.3) is 16.5 Å². The average Bonchev–Trinajstić information content (AvgIpc) is 3.53. The fourth-order valence-corrected chi connectivity index (χ4v) is 5.81. The minimum absolute atomic E-state index is 0.204. The van der Waals surface area contributed by atoms with E-state index in [-0.39, 0.29) is 17.4 Å². The molecule has 0 radical (unpaired) electrons. The number of ether oxygens (including phenoxy) is 4. The zero-order valence-electron chi connectivity index (χ0n) is 25.7. The molecule has 1 aliphatic heterocycles. The van der Waals surface area contributed by atoms with E-state index in [9.17, 15) is 14.9 Å². The Hall–Kier alpha value is -5.35. The fourth-order valence-electron chi connectivity index (χ4n) is 5.81. The predicted octanol–water partition coefficient (Wildman–Crippen LogP) is 3.95. The van der Waals surface area contributed by atoms with Crippen LogP contribution < -0.4 is 18.9 Å². The number of hydrogen-bond acceptors (Lipinski definition) is 9. The molecule has 0 amide bonds. The molecular formula is C31H33N6O7+. The van der Waals surface area contributed by atoms with Gasteiger partial charge < -0.3 is 29.1 Å². The van der Waals surface area contributed by atoms with Crippen LogP contribution >= 0.6 is 0 Å². The SMILES string of the molecule is C=C1C[N+](C)(Cn2nc(C(=O)c3cc(OC)c(OC)c(OC)c3)c3ccc(OC)c(C#CC)c32)Cc2c1nc([N+](=O)[O-])n2C. The molecule has 0 spiro atoms. The van der Waals surface area contributed by atoms with Crippen LogP contribution in [0.5, 0.6) is 23.0 Å². The number of imidazole rings is 1. The molecular weight excluding hydrogens is 568 g/mol. The van der Waals surface area contributed by atoms with E-state index in [4.69, 9.17) is 24.0 Å². The summed E-state index contributed by atoms with van der Waals surface area (Å²) in [6.45, 7) is 7.08. The van der Waals surface area contributed by atoms with E-state index < -0.39 is 4.92 Å². The van der Waals surface area contributed by atoms with Gasteiger partial charge in [0.25, 0.3) is 0 Å². The lowest BCUT2D eigenvalue weighted by atomic mass is 10.0. The lowest BCUT2D eigenvalue weighted by Gasteiger charge is -2.36. The van der Waals surface area contributed by atoms with Gasteiger partial charge in [-0.2, -0.15) is 5.10 Å². The van der Waals surface area contributed by atoms with Crippen molar-refractivity contribution < 1.29 is 33.1 Å². The predicted molar refractivity (Wildman–Crippen MR) is 162 cm³/mol. The lowest BCUT2D eigenvalue weighted by molar-refractivity contribution is -0.938. The molecule has 2 aromatic carbocycles. The molecule has 0 saturated heterocycles. The number of carbonyl (C=O) groups excluding carboxylic acids is 1. The lowest BCUT2D eigenvalue weighted by Crippen LogP contribution is -2.48. The number of benzene rings is 2. The molecule has 13 heteroatoms. The van der Waals surface area contributed by atoms with Gasteiger partial charge in [-0.3, -0.25) is 9.28 Å². The number of nitro groups is 1.